The number of halogens is 1. The van der Waals surface area contributed by atoms with Gasteiger partial charge in [0.05, 0.1) is 10.6 Å². The van der Waals surface area contributed by atoms with Crippen LogP contribution < -0.4 is 5.32 Å². The fourth-order valence-electron chi connectivity index (χ4n) is 0.960. The Bertz CT molecular complexity index is 428. The van der Waals surface area contributed by atoms with E-state index in [9.17, 15) is 4.79 Å². The van der Waals surface area contributed by atoms with Gasteiger partial charge in [0, 0.05) is 0 Å². The predicted octanol–water partition coefficient (Wildman–Crippen LogP) is 2.85. The van der Waals surface area contributed by atoms with Crippen LogP contribution in [0, 0.1) is 19.3 Å². The van der Waals surface area contributed by atoms with Crippen LogP contribution in [-0.4, -0.2) is 11.4 Å². The molecule has 2 nitrogen and oxygen atoms in total. The molecule has 80 valence electrons. The van der Waals surface area contributed by atoms with Crippen molar-refractivity contribution in [2.45, 2.75) is 26.3 Å². The van der Waals surface area contributed by atoms with Gasteiger partial charge in [0.15, 0.2) is 0 Å². The SMILES string of the molecule is C#CC(C)(C)NC(=O)c1scc(C)c1Cl. The fourth-order valence-corrected chi connectivity index (χ4v) is 2.13. The quantitative estimate of drug-likeness (QED) is 0.793. The molecule has 0 saturated carbocycles. The minimum Gasteiger partial charge on any atom is -0.336 e. The summed E-state index contributed by atoms with van der Waals surface area (Å²) in [6.07, 6.45) is 5.28. The first-order chi connectivity index (χ1) is 6.87. The van der Waals surface area contributed by atoms with E-state index in [0.29, 0.717) is 9.90 Å². The summed E-state index contributed by atoms with van der Waals surface area (Å²) in [6, 6.07) is 0. The second-order valence-electron chi connectivity index (χ2n) is 3.79. The van der Waals surface area contributed by atoms with E-state index in [1.165, 1.54) is 11.3 Å². The van der Waals surface area contributed by atoms with Crippen LogP contribution in [-0.2, 0) is 0 Å². The number of carbonyl (C=O) groups excluding carboxylic acids is 1. The zero-order valence-electron chi connectivity index (χ0n) is 8.85. The van der Waals surface area contributed by atoms with Crippen LogP contribution in [0.4, 0.5) is 0 Å². The largest absolute Gasteiger partial charge is 0.336 e. The number of thiophene rings is 1. The van der Waals surface area contributed by atoms with Gasteiger partial charge >= 0.3 is 0 Å². The molecule has 0 saturated heterocycles. The molecule has 0 unspecified atom stereocenters. The summed E-state index contributed by atoms with van der Waals surface area (Å²) < 4.78 is 0. The second-order valence-corrected chi connectivity index (χ2v) is 5.04. The molecule has 0 fully saturated rings. The highest BCUT2D eigenvalue weighted by Crippen LogP contribution is 2.27. The number of carbonyl (C=O) groups is 1. The van der Waals surface area contributed by atoms with Crippen molar-refractivity contribution in [1.29, 1.82) is 0 Å². The van der Waals surface area contributed by atoms with E-state index in [1.807, 2.05) is 12.3 Å². The summed E-state index contributed by atoms with van der Waals surface area (Å²) in [5, 5.41) is 5.08. The highest BCUT2D eigenvalue weighted by atomic mass is 35.5. The molecule has 0 aliphatic rings. The molecule has 1 rings (SSSR count). The molecule has 0 bridgehead atoms. The third-order valence-electron chi connectivity index (χ3n) is 1.89. The van der Waals surface area contributed by atoms with Crippen LogP contribution >= 0.6 is 22.9 Å². The van der Waals surface area contributed by atoms with Gasteiger partial charge in [-0.1, -0.05) is 17.5 Å². The molecule has 0 spiro atoms. The first-order valence-electron chi connectivity index (χ1n) is 4.41. The van der Waals surface area contributed by atoms with Crippen molar-refractivity contribution in [3.05, 3.63) is 20.8 Å². The summed E-state index contributed by atoms with van der Waals surface area (Å²) in [5.41, 5.74) is 0.253. The Labute approximate surface area is 98.6 Å². The third-order valence-corrected chi connectivity index (χ3v) is 3.59. The van der Waals surface area contributed by atoms with Crippen molar-refractivity contribution in [3.8, 4) is 12.3 Å². The highest BCUT2D eigenvalue weighted by molar-refractivity contribution is 7.13. The molecular weight excluding hydrogens is 230 g/mol. The van der Waals surface area contributed by atoms with E-state index in [-0.39, 0.29) is 5.91 Å². The Kier molecular flexibility index (Phi) is 3.43. The van der Waals surface area contributed by atoms with E-state index in [0.717, 1.165) is 5.56 Å². The Morgan fingerprint density at radius 1 is 1.67 bits per heavy atom. The van der Waals surface area contributed by atoms with Gasteiger partial charge in [0.1, 0.15) is 4.88 Å². The molecule has 0 aromatic carbocycles. The standard InChI is InChI=1S/C11H12ClNOS/c1-5-11(3,4)13-10(14)9-8(12)7(2)6-15-9/h1,6H,2-4H3,(H,13,14). The van der Waals surface area contributed by atoms with E-state index in [1.54, 1.807) is 13.8 Å². The van der Waals surface area contributed by atoms with Gasteiger partial charge in [0.2, 0.25) is 0 Å². The molecule has 1 amide bonds. The molecule has 1 heterocycles. The number of aryl methyl sites for hydroxylation is 1. The van der Waals surface area contributed by atoms with Crippen LogP contribution in [0.5, 0.6) is 0 Å². The van der Waals surface area contributed by atoms with E-state index >= 15 is 0 Å². The van der Waals surface area contributed by atoms with Crippen LogP contribution in [0.2, 0.25) is 5.02 Å². The van der Waals surface area contributed by atoms with Crippen molar-refractivity contribution in [3.63, 3.8) is 0 Å². The summed E-state index contributed by atoms with van der Waals surface area (Å²) in [4.78, 5) is 12.3. The number of terminal acetylenes is 1. The van der Waals surface area contributed by atoms with Gasteiger partial charge < -0.3 is 5.32 Å². The molecule has 15 heavy (non-hydrogen) atoms. The molecule has 0 aliphatic carbocycles. The second kappa shape index (κ2) is 4.26. The Morgan fingerprint density at radius 2 is 2.27 bits per heavy atom. The zero-order chi connectivity index (χ0) is 11.6. The maximum atomic E-state index is 11.8. The average Bonchev–Trinajstić information content (AvgIpc) is 2.47. The minimum atomic E-state index is -0.654. The lowest BCUT2D eigenvalue weighted by Gasteiger charge is -2.18. The zero-order valence-corrected chi connectivity index (χ0v) is 10.4. The number of hydrogen-bond donors (Lipinski definition) is 1. The lowest BCUT2D eigenvalue weighted by atomic mass is 10.1. The lowest BCUT2D eigenvalue weighted by molar-refractivity contribution is 0.0934. The van der Waals surface area contributed by atoms with Crippen LogP contribution in [0.1, 0.15) is 29.1 Å². The lowest BCUT2D eigenvalue weighted by Crippen LogP contribution is -2.41. The van der Waals surface area contributed by atoms with Gasteiger partial charge in [-0.2, -0.15) is 0 Å². The molecule has 0 radical (unpaired) electrons. The van der Waals surface area contributed by atoms with E-state index in [4.69, 9.17) is 18.0 Å². The molecule has 1 N–H and O–H groups in total. The van der Waals surface area contributed by atoms with E-state index < -0.39 is 5.54 Å². The Morgan fingerprint density at radius 3 is 2.67 bits per heavy atom. The smallest absolute Gasteiger partial charge is 0.264 e. The van der Waals surface area contributed by atoms with Crippen molar-refractivity contribution in [1.82, 2.24) is 5.32 Å². The molecular formula is C11H12ClNOS. The van der Waals surface area contributed by atoms with E-state index in [2.05, 4.69) is 11.2 Å². The average molecular weight is 242 g/mol. The number of hydrogen-bond acceptors (Lipinski definition) is 2. The summed E-state index contributed by atoms with van der Waals surface area (Å²) >= 11 is 7.30. The van der Waals surface area contributed by atoms with Crippen LogP contribution in [0.3, 0.4) is 0 Å². The number of rotatable bonds is 2. The van der Waals surface area contributed by atoms with Gasteiger partial charge in [-0.3, -0.25) is 4.79 Å². The first kappa shape index (κ1) is 12.1. The normalized spacial score (nSPS) is 10.9. The summed E-state index contributed by atoms with van der Waals surface area (Å²) in [7, 11) is 0. The van der Waals surface area contributed by atoms with Crippen LogP contribution in [0.15, 0.2) is 5.38 Å². The monoisotopic (exact) mass is 241 g/mol. The van der Waals surface area contributed by atoms with Gasteiger partial charge in [-0.15, -0.1) is 17.8 Å². The molecule has 4 heteroatoms. The summed E-state index contributed by atoms with van der Waals surface area (Å²) in [5.74, 6) is 2.28. The highest BCUT2D eigenvalue weighted by Gasteiger charge is 2.21. The number of nitrogens with one attached hydrogen (secondary N) is 1. The van der Waals surface area contributed by atoms with Gasteiger partial charge in [0.25, 0.3) is 5.91 Å². The maximum Gasteiger partial charge on any atom is 0.264 e. The summed E-state index contributed by atoms with van der Waals surface area (Å²) in [6.45, 7) is 5.39. The van der Waals surface area contributed by atoms with Gasteiger partial charge in [-0.25, -0.2) is 0 Å². The molecule has 0 aliphatic heterocycles. The van der Waals surface area contributed by atoms with Gasteiger partial charge in [-0.05, 0) is 31.7 Å². The van der Waals surface area contributed by atoms with Crippen LogP contribution in [0.25, 0.3) is 0 Å². The molecule has 1 aromatic heterocycles. The van der Waals surface area contributed by atoms with Crippen molar-refractivity contribution in [2.75, 3.05) is 0 Å². The maximum absolute atomic E-state index is 11.8. The predicted molar refractivity (Wildman–Crippen MR) is 64.4 cm³/mol. The first-order valence-corrected chi connectivity index (χ1v) is 5.67. The minimum absolute atomic E-state index is 0.221. The van der Waals surface area contributed by atoms with Crippen molar-refractivity contribution >= 4 is 28.8 Å². The Balaban J connectivity index is 2.89. The third kappa shape index (κ3) is 2.74. The Hall–Kier alpha value is -0.980. The van der Waals surface area contributed by atoms with Crippen molar-refractivity contribution < 1.29 is 4.79 Å². The topological polar surface area (TPSA) is 29.1 Å². The molecule has 1 aromatic rings. The molecule has 0 atom stereocenters. The van der Waals surface area contributed by atoms with Crippen molar-refractivity contribution in [2.24, 2.45) is 0 Å². The fraction of sp³-hybridized carbons (Fsp3) is 0.364. The number of amides is 1.